The number of amides is 1. The van der Waals surface area contributed by atoms with Crippen molar-refractivity contribution in [3.8, 4) is 6.07 Å². The first-order valence-electron chi connectivity index (χ1n) is 9.93. The number of hydrogen-bond acceptors (Lipinski definition) is 4. The van der Waals surface area contributed by atoms with Crippen molar-refractivity contribution in [1.82, 2.24) is 10.2 Å². The molecule has 5 heteroatoms. The molecular formula is C23H25N3O2. The van der Waals surface area contributed by atoms with Crippen LogP contribution < -0.4 is 5.32 Å². The molecule has 0 unspecified atom stereocenters. The summed E-state index contributed by atoms with van der Waals surface area (Å²) in [5, 5.41) is 12.2. The van der Waals surface area contributed by atoms with Crippen LogP contribution in [0.25, 0.3) is 0 Å². The number of aryl methyl sites for hydroxylation is 1. The summed E-state index contributed by atoms with van der Waals surface area (Å²) in [7, 11) is 0. The van der Waals surface area contributed by atoms with Crippen LogP contribution in [0.4, 0.5) is 0 Å². The number of morpholine rings is 1. The average Bonchev–Trinajstić information content (AvgIpc) is 2.75. The molecule has 1 N–H and O–H groups in total. The summed E-state index contributed by atoms with van der Waals surface area (Å²) in [4.78, 5) is 15.3. The first-order valence-corrected chi connectivity index (χ1v) is 9.93. The fourth-order valence-corrected chi connectivity index (χ4v) is 4.16. The number of carbonyl (C=O) groups is 1. The molecule has 1 fully saturated rings. The lowest BCUT2D eigenvalue weighted by Gasteiger charge is -2.36. The van der Waals surface area contributed by atoms with Crippen LogP contribution in [0.3, 0.4) is 0 Å². The lowest BCUT2D eigenvalue weighted by Crippen LogP contribution is -2.54. The van der Waals surface area contributed by atoms with Crippen LogP contribution in [0.1, 0.15) is 41.1 Å². The molecule has 0 aromatic heterocycles. The van der Waals surface area contributed by atoms with Crippen molar-refractivity contribution < 1.29 is 9.53 Å². The lowest BCUT2D eigenvalue weighted by molar-refractivity contribution is -0.133. The zero-order valence-corrected chi connectivity index (χ0v) is 15.9. The summed E-state index contributed by atoms with van der Waals surface area (Å²) in [5.74, 6) is 0.0371. The fraction of sp³-hybridized carbons (Fsp3) is 0.391. The van der Waals surface area contributed by atoms with Gasteiger partial charge < -0.3 is 10.1 Å². The Morgan fingerprint density at radius 1 is 1.21 bits per heavy atom. The third-order valence-corrected chi connectivity index (χ3v) is 5.70. The van der Waals surface area contributed by atoms with Crippen LogP contribution in [-0.2, 0) is 22.5 Å². The van der Waals surface area contributed by atoms with Crippen LogP contribution in [0.15, 0.2) is 48.5 Å². The number of nitrogens with one attached hydrogen (secondary N) is 1. The number of rotatable bonds is 4. The lowest BCUT2D eigenvalue weighted by atomic mass is 9.87. The van der Waals surface area contributed by atoms with Gasteiger partial charge in [-0.3, -0.25) is 9.69 Å². The summed E-state index contributed by atoms with van der Waals surface area (Å²) in [6.07, 6.45) is 3.16. The second kappa shape index (κ2) is 8.55. The molecule has 4 rings (SSSR count). The van der Waals surface area contributed by atoms with Gasteiger partial charge in [-0.25, -0.2) is 0 Å². The Kier molecular flexibility index (Phi) is 5.70. The van der Waals surface area contributed by atoms with E-state index in [1.165, 1.54) is 11.1 Å². The number of nitrogens with zero attached hydrogens (tertiary/aromatic N) is 2. The van der Waals surface area contributed by atoms with Gasteiger partial charge in [-0.1, -0.05) is 36.4 Å². The van der Waals surface area contributed by atoms with Gasteiger partial charge in [0.05, 0.1) is 30.9 Å². The second-order valence-electron chi connectivity index (χ2n) is 7.52. The Morgan fingerprint density at radius 3 is 2.86 bits per heavy atom. The third kappa shape index (κ3) is 4.09. The molecule has 1 aliphatic heterocycles. The van der Waals surface area contributed by atoms with E-state index in [0.717, 1.165) is 31.4 Å². The zero-order chi connectivity index (χ0) is 19.3. The molecule has 144 valence electrons. The Labute approximate surface area is 165 Å². The number of hydrogen-bond donors (Lipinski definition) is 1. The number of nitriles is 1. The van der Waals surface area contributed by atoms with Gasteiger partial charge in [0.2, 0.25) is 5.91 Å². The molecule has 0 saturated carbocycles. The van der Waals surface area contributed by atoms with Crippen molar-refractivity contribution in [2.45, 2.75) is 37.9 Å². The Hall–Kier alpha value is -2.68. The van der Waals surface area contributed by atoms with Gasteiger partial charge in [0, 0.05) is 13.1 Å². The van der Waals surface area contributed by atoms with E-state index >= 15 is 0 Å². The van der Waals surface area contributed by atoms with E-state index in [1.807, 2.05) is 30.3 Å². The van der Waals surface area contributed by atoms with Gasteiger partial charge in [0.15, 0.2) is 0 Å². The molecule has 5 nitrogen and oxygen atoms in total. The standard InChI is InChI=1S/C23H25N3O2/c24-14-17-8-10-18(11-9-17)15-26-12-13-28-16-22(26)23(27)25-21-7-3-5-19-4-1-2-6-20(19)21/h1-2,4,6,8-11,21-22H,3,5,7,12-13,15-16H2,(H,25,27)/t21-,22-/m1/s1. The maximum absolute atomic E-state index is 13.1. The fourth-order valence-electron chi connectivity index (χ4n) is 4.16. The predicted molar refractivity (Wildman–Crippen MR) is 106 cm³/mol. The van der Waals surface area contributed by atoms with Crippen LogP contribution in [0, 0.1) is 11.3 Å². The monoisotopic (exact) mass is 375 g/mol. The minimum absolute atomic E-state index is 0.0371. The van der Waals surface area contributed by atoms with E-state index in [1.54, 1.807) is 0 Å². The molecule has 1 saturated heterocycles. The largest absolute Gasteiger partial charge is 0.378 e. The first kappa shape index (κ1) is 18.7. The minimum atomic E-state index is -0.293. The quantitative estimate of drug-likeness (QED) is 0.892. The predicted octanol–water partition coefficient (Wildman–Crippen LogP) is 2.95. The maximum atomic E-state index is 13.1. The summed E-state index contributed by atoms with van der Waals surface area (Å²) in [6, 6.07) is 17.9. The molecule has 1 aliphatic carbocycles. The van der Waals surface area contributed by atoms with Crippen LogP contribution in [0.5, 0.6) is 0 Å². The van der Waals surface area contributed by atoms with Crippen molar-refractivity contribution in [1.29, 1.82) is 5.26 Å². The number of fused-ring (bicyclic) bond motifs is 1. The van der Waals surface area contributed by atoms with Gasteiger partial charge in [0.25, 0.3) is 0 Å². The summed E-state index contributed by atoms with van der Waals surface area (Å²) < 4.78 is 5.62. The molecule has 2 atom stereocenters. The molecule has 2 aromatic carbocycles. The maximum Gasteiger partial charge on any atom is 0.240 e. The van der Waals surface area contributed by atoms with E-state index in [4.69, 9.17) is 10.00 Å². The highest BCUT2D eigenvalue weighted by atomic mass is 16.5. The average molecular weight is 375 g/mol. The zero-order valence-electron chi connectivity index (χ0n) is 15.9. The molecule has 2 aromatic rings. The number of ether oxygens (including phenoxy) is 1. The van der Waals surface area contributed by atoms with Crippen molar-refractivity contribution in [2.75, 3.05) is 19.8 Å². The van der Waals surface area contributed by atoms with Gasteiger partial charge in [0.1, 0.15) is 6.04 Å². The Bertz CT molecular complexity index is 872. The van der Waals surface area contributed by atoms with Crippen LogP contribution >= 0.6 is 0 Å². The number of carbonyl (C=O) groups excluding carboxylic acids is 1. The normalized spacial score (nSPS) is 22.1. The molecule has 28 heavy (non-hydrogen) atoms. The van der Waals surface area contributed by atoms with E-state index < -0.39 is 0 Å². The Morgan fingerprint density at radius 2 is 2.04 bits per heavy atom. The van der Waals surface area contributed by atoms with E-state index in [0.29, 0.717) is 25.3 Å². The van der Waals surface area contributed by atoms with Crippen molar-refractivity contribution in [2.24, 2.45) is 0 Å². The summed E-state index contributed by atoms with van der Waals surface area (Å²) in [6.45, 7) is 2.44. The topological polar surface area (TPSA) is 65.4 Å². The minimum Gasteiger partial charge on any atom is -0.378 e. The first-order chi connectivity index (χ1) is 13.7. The molecule has 1 amide bonds. The molecule has 0 bridgehead atoms. The van der Waals surface area contributed by atoms with Crippen molar-refractivity contribution in [3.05, 3.63) is 70.8 Å². The van der Waals surface area contributed by atoms with E-state index in [2.05, 4.69) is 34.5 Å². The van der Waals surface area contributed by atoms with Crippen molar-refractivity contribution in [3.63, 3.8) is 0 Å². The molecule has 1 heterocycles. The molecule has 2 aliphatic rings. The van der Waals surface area contributed by atoms with E-state index in [9.17, 15) is 4.79 Å². The van der Waals surface area contributed by atoms with Gasteiger partial charge in [-0.05, 0) is 48.1 Å². The van der Waals surface area contributed by atoms with Gasteiger partial charge in [-0.15, -0.1) is 0 Å². The van der Waals surface area contributed by atoms with Crippen LogP contribution in [-0.4, -0.2) is 36.6 Å². The van der Waals surface area contributed by atoms with Gasteiger partial charge in [-0.2, -0.15) is 5.26 Å². The highest BCUT2D eigenvalue weighted by molar-refractivity contribution is 5.82. The SMILES string of the molecule is N#Cc1ccc(CN2CCOC[C@@H]2C(=O)N[C@@H]2CCCc3ccccc32)cc1. The van der Waals surface area contributed by atoms with E-state index in [-0.39, 0.29) is 18.0 Å². The smallest absolute Gasteiger partial charge is 0.240 e. The molecule has 0 spiro atoms. The second-order valence-corrected chi connectivity index (χ2v) is 7.52. The highest BCUT2D eigenvalue weighted by Crippen LogP contribution is 2.29. The third-order valence-electron chi connectivity index (χ3n) is 5.70. The summed E-state index contributed by atoms with van der Waals surface area (Å²) in [5.41, 5.74) is 4.34. The van der Waals surface area contributed by atoms with Crippen molar-refractivity contribution >= 4 is 5.91 Å². The summed E-state index contributed by atoms with van der Waals surface area (Å²) >= 11 is 0. The highest BCUT2D eigenvalue weighted by Gasteiger charge is 2.32. The molecular weight excluding hydrogens is 350 g/mol. The van der Waals surface area contributed by atoms with Gasteiger partial charge >= 0.3 is 0 Å². The number of benzene rings is 2. The molecule has 0 radical (unpaired) electrons. The Balaban J connectivity index is 1.45. The van der Waals surface area contributed by atoms with Crippen LogP contribution in [0.2, 0.25) is 0 Å².